The molecule has 0 aliphatic heterocycles. The number of hydrogen-bond donors (Lipinski definition) is 1. The molecule has 1 aromatic heterocycles. The van der Waals surface area contributed by atoms with Gasteiger partial charge in [0.15, 0.2) is 5.82 Å². The lowest BCUT2D eigenvalue weighted by atomic mass is 10.1. The SMILES string of the molecule is COCc1cc(C)nc(N/N=C\c2ccccc2OCC(C)C)c1C#N. The molecule has 1 heterocycles. The molecule has 0 saturated heterocycles. The molecule has 2 aromatic rings. The average molecular weight is 352 g/mol. The van der Waals surface area contributed by atoms with Crippen molar-refractivity contribution in [3.05, 3.63) is 52.7 Å². The van der Waals surface area contributed by atoms with Crippen molar-refractivity contribution in [3.8, 4) is 11.8 Å². The monoisotopic (exact) mass is 352 g/mol. The number of hydrogen-bond acceptors (Lipinski definition) is 6. The van der Waals surface area contributed by atoms with Gasteiger partial charge in [-0.3, -0.25) is 5.43 Å². The van der Waals surface area contributed by atoms with Crippen LogP contribution in [0.1, 0.15) is 36.2 Å². The van der Waals surface area contributed by atoms with Gasteiger partial charge in [-0.15, -0.1) is 0 Å². The van der Waals surface area contributed by atoms with Crippen LogP contribution < -0.4 is 10.2 Å². The third-order valence-corrected chi connectivity index (χ3v) is 3.51. The zero-order valence-electron chi connectivity index (χ0n) is 15.6. The van der Waals surface area contributed by atoms with E-state index in [9.17, 15) is 5.26 Å². The number of ether oxygens (including phenoxy) is 2. The average Bonchev–Trinajstić information content (AvgIpc) is 2.61. The summed E-state index contributed by atoms with van der Waals surface area (Å²) in [4.78, 5) is 4.37. The van der Waals surface area contributed by atoms with Crippen molar-refractivity contribution in [2.45, 2.75) is 27.4 Å². The maximum atomic E-state index is 9.44. The predicted molar refractivity (Wildman–Crippen MR) is 102 cm³/mol. The lowest BCUT2D eigenvalue weighted by molar-refractivity contribution is 0.184. The smallest absolute Gasteiger partial charge is 0.164 e. The van der Waals surface area contributed by atoms with Crippen LogP contribution in [0.25, 0.3) is 0 Å². The summed E-state index contributed by atoms with van der Waals surface area (Å²) in [5.41, 5.74) is 5.71. The number of nitriles is 1. The number of methoxy groups -OCH3 is 1. The van der Waals surface area contributed by atoms with E-state index in [4.69, 9.17) is 9.47 Å². The van der Waals surface area contributed by atoms with Gasteiger partial charge in [0.05, 0.1) is 19.4 Å². The van der Waals surface area contributed by atoms with E-state index in [-0.39, 0.29) is 0 Å². The summed E-state index contributed by atoms with van der Waals surface area (Å²) < 4.78 is 11.0. The number of hydrazone groups is 1. The van der Waals surface area contributed by atoms with Gasteiger partial charge in [-0.05, 0) is 31.0 Å². The lowest BCUT2D eigenvalue weighted by Gasteiger charge is -2.11. The number of benzene rings is 1. The summed E-state index contributed by atoms with van der Waals surface area (Å²) in [6, 6.07) is 11.7. The molecule has 1 aromatic carbocycles. The fraction of sp³-hybridized carbons (Fsp3) is 0.350. The van der Waals surface area contributed by atoms with Gasteiger partial charge < -0.3 is 9.47 Å². The number of nitrogens with zero attached hydrogens (tertiary/aromatic N) is 3. The second-order valence-electron chi connectivity index (χ2n) is 6.30. The molecule has 6 nitrogen and oxygen atoms in total. The van der Waals surface area contributed by atoms with Gasteiger partial charge in [0.1, 0.15) is 17.4 Å². The predicted octanol–water partition coefficient (Wildman–Crippen LogP) is 3.89. The molecule has 0 radical (unpaired) electrons. The minimum atomic E-state index is 0.344. The number of pyridine rings is 1. The van der Waals surface area contributed by atoms with Crippen molar-refractivity contribution in [2.75, 3.05) is 19.1 Å². The lowest BCUT2D eigenvalue weighted by Crippen LogP contribution is -2.06. The van der Waals surface area contributed by atoms with Crippen molar-refractivity contribution in [3.63, 3.8) is 0 Å². The van der Waals surface area contributed by atoms with E-state index >= 15 is 0 Å². The fourth-order valence-corrected chi connectivity index (χ4v) is 2.35. The third-order valence-electron chi connectivity index (χ3n) is 3.51. The van der Waals surface area contributed by atoms with Crippen LogP contribution in [-0.4, -0.2) is 24.9 Å². The van der Waals surface area contributed by atoms with Crippen LogP contribution in [-0.2, 0) is 11.3 Å². The van der Waals surface area contributed by atoms with Crippen molar-refractivity contribution in [1.29, 1.82) is 5.26 Å². The molecule has 0 aliphatic rings. The highest BCUT2D eigenvalue weighted by molar-refractivity contribution is 5.84. The number of rotatable bonds is 8. The molecule has 2 rings (SSSR count). The Bertz CT molecular complexity index is 810. The van der Waals surface area contributed by atoms with Gasteiger partial charge in [0.25, 0.3) is 0 Å². The van der Waals surface area contributed by atoms with E-state index in [1.165, 1.54) is 0 Å². The standard InChI is InChI=1S/C20H24N4O2/c1-14(2)12-26-19-8-6-5-7-16(19)11-22-24-20-18(10-21)17(13-25-4)9-15(3)23-20/h5-9,11,14H,12-13H2,1-4H3,(H,23,24)/b22-11-. The molecule has 0 unspecified atom stereocenters. The van der Waals surface area contributed by atoms with Crippen molar-refractivity contribution < 1.29 is 9.47 Å². The Kier molecular flexibility index (Phi) is 7.12. The molecule has 6 heteroatoms. The van der Waals surface area contributed by atoms with Crippen LogP contribution in [0.15, 0.2) is 35.4 Å². The molecule has 0 bridgehead atoms. The zero-order chi connectivity index (χ0) is 18.9. The van der Waals surface area contributed by atoms with Crippen LogP contribution >= 0.6 is 0 Å². The van der Waals surface area contributed by atoms with E-state index in [2.05, 4.69) is 35.4 Å². The first-order valence-electron chi connectivity index (χ1n) is 8.45. The Morgan fingerprint density at radius 1 is 1.35 bits per heavy atom. The quantitative estimate of drug-likeness (QED) is 0.576. The van der Waals surface area contributed by atoms with Crippen LogP contribution in [0.4, 0.5) is 5.82 Å². The van der Waals surface area contributed by atoms with Crippen LogP contribution in [0.3, 0.4) is 0 Å². The van der Waals surface area contributed by atoms with E-state index in [1.54, 1.807) is 13.3 Å². The Hall–Kier alpha value is -2.91. The molecular weight excluding hydrogens is 328 g/mol. The highest BCUT2D eigenvalue weighted by atomic mass is 16.5. The zero-order valence-corrected chi connectivity index (χ0v) is 15.6. The molecule has 0 fully saturated rings. The van der Waals surface area contributed by atoms with Crippen LogP contribution in [0, 0.1) is 24.2 Å². The number of nitrogens with one attached hydrogen (secondary N) is 1. The molecule has 136 valence electrons. The second-order valence-corrected chi connectivity index (χ2v) is 6.30. The molecule has 0 aliphatic carbocycles. The second kappa shape index (κ2) is 9.54. The summed E-state index contributed by atoms with van der Waals surface area (Å²) in [5.74, 6) is 1.62. The van der Waals surface area contributed by atoms with Gasteiger partial charge in [0, 0.05) is 23.9 Å². The van der Waals surface area contributed by atoms with E-state index in [0.717, 1.165) is 22.6 Å². The minimum absolute atomic E-state index is 0.344. The van der Waals surface area contributed by atoms with Gasteiger partial charge in [-0.1, -0.05) is 26.0 Å². The molecule has 0 atom stereocenters. The van der Waals surface area contributed by atoms with Crippen molar-refractivity contribution in [1.82, 2.24) is 4.98 Å². The minimum Gasteiger partial charge on any atom is -0.493 e. The molecule has 0 spiro atoms. The first kappa shape index (κ1) is 19.4. The number of anilines is 1. The molecule has 26 heavy (non-hydrogen) atoms. The highest BCUT2D eigenvalue weighted by Gasteiger charge is 2.11. The van der Waals surface area contributed by atoms with E-state index < -0.39 is 0 Å². The summed E-state index contributed by atoms with van der Waals surface area (Å²) in [6.45, 7) is 7.04. The number of para-hydroxylation sites is 1. The van der Waals surface area contributed by atoms with Gasteiger partial charge in [-0.2, -0.15) is 10.4 Å². The van der Waals surface area contributed by atoms with Gasteiger partial charge in [0.2, 0.25) is 0 Å². The Balaban J connectivity index is 2.20. The van der Waals surface area contributed by atoms with Gasteiger partial charge >= 0.3 is 0 Å². The maximum Gasteiger partial charge on any atom is 0.164 e. The van der Waals surface area contributed by atoms with E-state index in [0.29, 0.717) is 30.5 Å². The molecule has 0 amide bonds. The first-order chi connectivity index (χ1) is 12.5. The van der Waals surface area contributed by atoms with Crippen LogP contribution in [0.2, 0.25) is 0 Å². The largest absolute Gasteiger partial charge is 0.493 e. The highest BCUT2D eigenvalue weighted by Crippen LogP contribution is 2.20. The number of aromatic nitrogens is 1. The third kappa shape index (κ3) is 5.30. The Morgan fingerprint density at radius 2 is 2.12 bits per heavy atom. The van der Waals surface area contributed by atoms with Crippen molar-refractivity contribution in [2.24, 2.45) is 11.0 Å². The Labute approximate surface area is 154 Å². The summed E-state index contributed by atoms with van der Waals surface area (Å²) in [5, 5.41) is 13.7. The molecular formula is C20H24N4O2. The number of aryl methyl sites for hydroxylation is 1. The molecule has 0 saturated carbocycles. The van der Waals surface area contributed by atoms with Gasteiger partial charge in [-0.25, -0.2) is 4.98 Å². The fourth-order valence-electron chi connectivity index (χ4n) is 2.35. The maximum absolute atomic E-state index is 9.44. The normalized spacial score (nSPS) is 10.9. The summed E-state index contributed by atoms with van der Waals surface area (Å²) in [7, 11) is 1.59. The first-order valence-corrected chi connectivity index (χ1v) is 8.45. The summed E-state index contributed by atoms with van der Waals surface area (Å²) in [6.07, 6.45) is 1.66. The van der Waals surface area contributed by atoms with Crippen molar-refractivity contribution >= 4 is 12.0 Å². The summed E-state index contributed by atoms with van der Waals surface area (Å²) >= 11 is 0. The van der Waals surface area contributed by atoms with Crippen LogP contribution in [0.5, 0.6) is 5.75 Å². The Morgan fingerprint density at radius 3 is 2.81 bits per heavy atom. The molecule has 1 N–H and O–H groups in total. The van der Waals surface area contributed by atoms with E-state index in [1.807, 2.05) is 37.3 Å². The topological polar surface area (TPSA) is 79.5 Å².